The van der Waals surface area contributed by atoms with E-state index in [1.54, 1.807) is 0 Å². The number of aldehydes is 1. The van der Waals surface area contributed by atoms with Crippen LogP contribution < -0.4 is 9.64 Å². The fourth-order valence-corrected chi connectivity index (χ4v) is 2.65. The van der Waals surface area contributed by atoms with Crippen molar-refractivity contribution in [1.29, 1.82) is 0 Å². The van der Waals surface area contributed by atoms with E-state index >= 15 is 0 Å². The summed E-state index contributed by atoms with van der Waals surface area (Å²) in [5, 5.41) is 11.1. The third-order valence-corrected chi connectivity index (χ3v) is 3.82. The molecule has 1 amide bonds. The Labute approximate surface area is 141 Å². The highest BCUT2D eigenvalue weighted by Gasteiger charge is 2.43. The molecule has 1 heterocycles. The predicted molar refractivity (Wildman–Crippen MR) is 86.7 cm³/mol. The van der Waals surface area contributed by atoms with Gasteiger partial charge in [0.1, 0.15) is 11.5 Å². The lowest BCUT2D eigenvalue weighted by Crippen LogP contribution is -2.50. The van der Waals surface area contributed by atoms with Crippen LogP contribution in [-0.2, 0) is 4.79 Å². The van der Waals surface area contributed by atoms with Gasteiger partial charge in [-0.15, -0.1) is 0 Å². The zero-order chi connectivity index (χ0) is 18.4. The van der Waals surface area contributed by atoms with E-state index < -0.39 is 22.2 Å². The number of hydrogen-bond donors (Lipinski definition) is 0. The topological polar surface area (TPSA) is 89.8 Å². The number of non-ortho nitro benzene ring substituents is 1. The minimum atomic E-state index is -1.32. The Kier molecular flexibility index (Phi) is 3.75. The van der Waals surface area contributed by atoms with Gasteiger partial charge < -0.3 is 4.74 Å². The summed E-state index contributed by atoms with van der Waals surface area (Å²) in [4.78, 5) is 36.0. The summed E-state index contributed by atoms with van der Waals surface area (Å²) in [6, 6.07) is 7.35. The molecule has 0 bridgehead atoms. The molecule has 0 saturated heterocycles. The van der Waals surface area contributed by atoms with Gasteiger partial charge in [0.2, 0.25) is 0 Å². The smallest absolute Gasteiger partial charge is 0.275 e. The van der Waals surface area contributed by atoms with Crippen molar-refractivity contribution in [2.24, 2.45) is 0 Å². The van der Waals surface area contributed by atoms with E-state index in [1.807, 2.05) is 0 Å². The SMILES string of the molecule is CC1(C)Oc2cc([N+](=O)[O-])cc(C=O)c2N(c2ccc(F)cc2)C1=O. The van der Waals surface area contributed by atoms with Crippen molar-refractivity contribution in [3.63, 3.8) is 0 Å². The molecular weight excluding hydrogens is 331 g/mol. The number of ether oxygens (including phenoxy) is 1. The second kappa shape index (κ2) is 5.66. The molecule has 128 valence electrons. The summed E-state index contributed by atoms with van der Waals surface area (Å²) in [7, 11) is 0. The number of nitro groups is 1. The second-order valence-corrected chi connectivity index (χ2v) is 5.99. The predicted octanol–water partition coefficient (Wildman–Crippen LogP) is 3.38. The number of carbonyl (C=O) groups excluding carboxylic acids is 2. The Hall–Kier alpha value is -3.29. The highest BCUT2D eigenvalue weighted by atomic mass is 19.1. The molecule has 0 saturated carbocycles. The van der Waals surface area contributed by atoms with Gasteiger partial charge in [0.25, 0.3) is 11.6 Å². The van der Waals surface area contributed by atoms with Crippen LogP contribution >= 0.6 is 0 Å². The third kappa shape index (κ3) is 2.71. The molecule has 0 fully saturated rings. The van der Waals surface area contributed by atoms with Crippen LogP contribution in [0.1, 0.15) is 24.2 Å². The van der Waals surface area contributed by atoms with E-state index in [0.29, 0.717) is 12.0 Å². The molecule has 25 heavy (non-hydrogen) atoms. The van der Waals surface area contributed by atoms with Gasteiger partial charge >= 0.3 is 0 Å². The Bertz CT molecular complexity index is 893. The van der Waals surface area contributed by atoms with Crippen molar-refractivity contribution >= 4 is 29.3 Å². The van der Waals surface area contributed by atoms with E-state index in [-0.39, 0.29) is 22.7 Å². The summed E-state index contributed by atoms with van der Waals surface area (Å²) in [5.41, 5.74) is -1.31. The monoisotopic (exact) mass is 344 g/mol. The number of anilines is 2. The molecule has 0 N–H and O–H groups in total. The number of rotatable bonds is 3. The average Bonchev–Trinajstić information content (AvgIpc) is 2.56. The summed E-state index contributed by atoms with van der Waals surface area (Å²) in [6.07, 6.45) is 0.414. The first-order valence-corrected chi connectivity index (χ1v) is 7.31. The van der Waals surface area contributed by atoms with Crippen LogP contribution in [-0.4, -0.2) is 22.7 Å². The van der Waals surface area contributed by atoms with Gasteiger partial charge in [-0.1, -0.05) is 0 Å². The fourth-order valence-electron chi connectivity index (χ4n) is 2.65. The summed E-state index contributed by atoms with van der Waals surface area (Å²) in [6.45, 7) is 3.02. The molecule has 0 atom stereocenters. The molecule has 8 heteroatoms. The van der Waals surface area contributed by atoms with E-state index in [9.17, 15) is 24.1 Å². The van der Waals surface area contributed by atoms with Gasteiger partial charge in [0.15, 0.2) is 17.6 Å². The highest BCUT2D eigenvalue weighted by Crippen LogP contribution is 2.45. The quantitative estimate of drug-likeness (QED) is 0.484. The zero-order valence-electron chi connectivity index (χ0n) is 13.4. The van der Waals surface area contributed by atoms with E-state index in [4.69, 9.17) is 4.74 Å². The number of fused-ring (bicyclic) bond motifs is 1. The van der Waals surface area contributed by atoms with Gasteiger partial charge in [0.05, 0.1) is 11.0 Å². The first-order valence-electron chi connectivity index (χ1n) is 7.31. The molecule has 3 rings (SSSR count). The molecule has 0 radical (unpaired) electrons. The van der Waals surface area contributed by atoms with E-state index in [0.717, 1.165) is 12.1 Å². The summed E-state index contributed by atoms with van der Waals surface area (Å²) < 4.78 is 18.8. The van der Waals surface area contributed by atoms with Crippen LogP contribution in [0.15, 0.2) is 36.4 Å². The lowest BCUT2D eigenvalue weighted by Gasteiger charge is -2.39. The average molecular weight is 344 g/mol. The maximum atomic E-state index is 13.2. The van der Waals surface area contributed by atoms with E-state index in [1.165, 1.54) is 43.0 Å². The maximum absolute atomic E-state index is 13.2. The highest BCUT2D eigenvalue weighted by molar-refractivity contribution is 6.11. The van der Waals surface area contributed by atoms with Crippen molar-refractivity contribution in [2.45, 2.75) is 19.4 Å². The summed E-state index contributed by atoms with van der Waals surface area (Å²) in [5.74, 6) is -0.933. The largest absolute Gasteiger partial charge is 0.476 e. The van der Waals surface area contributed by atoms with Crippen molar-refractivity contribution in [3.8, 4) is 5.75 Å². The molecule has 7 nitrogen and oxygen atoms in total. The maximum Gasteiger partial charge on any atom is 0.275 e. The fraction of sp³-hybridized carbons (Fsp3) is 0.176. The second-order valence-electron chi connectivity index (χ2n) is 5.99. The van der Waals surface area contributed by atoms with Crippen LogP contribution in [0.2, 0.25) is 0 Å². The van der Waals surface area contributed by atoms with Crippen molar-refractivity contribution < 1.29 is 23.6 Å². The van der Waals surface area contributed by atoms with Crippen LogP contribution in [0.5, 0.6) is 5.75 Å². The molecular formula is C17H13FN2O5. The Balaban J connectivity index is 2.30. The van der Waals surface area contributed by atoms with Gasteiger partial charge in [-0.2, -0.15) is 0 Å². The molecule has 1 aliphatic rings. The molecule has 0 aromatic heterocycles. The first kappa shape index (κ1) is 16.6. The van der Waals surface area contributed by atoms with Crippen molar-refractivity contribution in [3.05, 3.63) is 57.9 Å². The minimum Gasteiger partial charge on any atom is -0.476 e. The molecule has 2 aromatic rings. The normalized spacial score (nSPS) is 15.3. The number of carbonyl (C=O) groups is 2. The molecule has 0 unspecified atom stereocenters. The number of amides is 1. The lowest BCUT2D eigenvalue weighted by molar-refractivity contribution is -0.385. The molecule has 0 aliphatic carbocycles. The van der Waals surface area contributed by atoms with Crippen molar-refractivity contribution in [1.82, 2.24) is 0 Å². The number of nitro benzene ring substituents is 1. The lowest BCUT2D eigenvalue weighted by atomic mass is 10.00. The van der Waals surface area contributed by atoms with E-state index in [2.05, 4.69) is 0 Å². The van der Waals surface area contributed by atoms with Gasteiger partial charge in [-0.3, -0.25) is 24.6 Å². The van der Waals surface area contributed by atoms with Crippen LogP contribution in [0.3, 0.4) is 0 Å². The number of benzene rings is 2. The van der Waals surface area contributed by atoms with Crippen LogP contribution in [0.4, 0.5) is 21.5 Å². The Morgan fingerprint density at radius 1 is 1.24 bits per heavy atom. The summed E-state index contributed by atoms with van der Waals surface area (Å²) >= 11 is 0. The molecule has 2 aromatic carbocycles. The first-order chi connectivity index (χ1) is 11.7. The third-order valence-electron chi connectivity index (χ3n) is 3.82. The molecule has 0 spiro atoms. The van der Waals surface area contributed by atoms with Crippen molar-refractivity contribution in [2.75, 3.05) is 4.90 Å². The minimum absolute atomic E-state index is 0.0326. The number of hydrogen-bond acceptors (Lipinski definition) is 5. The Morgan fingerprint density at radius 3 is 2.44 bits per heavy atom. The zero-order valence-corrected chi connectivity index (χ0v) is 13.4. The number of halogens is 1. The van der Waals surface area contributed by atoms with Gasteiger partial charge in [-0.25, -0.2) is 4.39 Å². The standard InChI is InChI=1S/C17H13FN2O5/c1-17(2)16(22)19(12-5-3-11(18)4-6-12)15-10(9-21)7-13(20(23)24)8-14(15)25-17/h3-9H,1-2H3. The van der Waals surface area contributed by atoms with Crippen LogP contribution in [0.25, 0.3) is 0 Å². The molecule has 1 aliphatic heterocycles. The van der Waals surface area contributed by atoms with Crippen LogP contribution in [0, 0.1) is 15.9 Å². The Morgan fingerprint density at radius 2 is 1.88 bits per heavy atom. The van der Waals surface area contributed by atoms with Gasteiger partial charge in [0, 0.05) is 17.3 Å². The number of nitrogens with zero attached hydrogens (tertiary/aromatic N) is 2. The van der Waals surface area contributed by atoms with Gasteiger partial charge in [-0.05, 0) is 38.1 Å².